The molecule has 78 valence electrons. The third-order valence-corrected chi connectivity index (χ3v) is 3.13. The molecule has 0 heteroatoms. The summed E-state index contributed by atoms with van der Waals surface area (Å²) < 4.78 is 0. The van der Waals surface area contributed by atoms with Crippen molar-refractivity contribution in [2.24, 2.45) is 0 Å². The highest BCUT2D eigenvalue weighted by Crippen LogP contribution is 2.25. The fourth-order valence-electron chi connectivity index (χ4n) is 2.29. The van der Waals surface area contributed by atoms with E-state index >= 15 is 0 Å². The third kappa shape index (κ3) is 1.57. The molecule has 0 aliphatic heterocycles. The Morgan fingerprint density at radius 1 is 1.00 bits per heavy atom. The number of benzene rings is 2. The number of hydrogen-bond donors (Lipinski definition) is 0. The summed E-state index contributed by atoms with van der Waals surface area (Å²) >= 11 is 0. The van der Waals surface area contributed by atoms with Gasteiger partial charge in [-0.05, 0) is 41.3 Å². The maximum absolute atomic E-state index is 2.32. The van der Waals surface area contributed by atoms with Gasteiger partial charge < -0.3 is 0 Å². The van der Waals surface area contributed by atoms with Crippen molar-refractivity contribution < 1.29 is 0 Å². The van der Waals surface area contributed by atoms with E-state index in [1.54, 1.807) is 0 Å². The van der Waals surface area contributed by atoms with Crippen LogP contribution in [0, 0.1) is 0 Å². The van der Waals surface area contributed by atoms with E-state index in [-0.39, 0.29) is 0 Å². The zero-order valence-corrected chi connectivity index (χ0v) is 9.40. The Bertz CT molecular complexity index is 600. The smallest absolute Gasteiger partial charge is 0.00606 e. The normalized spacial score (nSPS) is 14.4. The Morgan fingerprint density at radius 3 is 2.56 bits per heavy atom. The van der Waals surface area contributed by atoms with Crippen molar-refractivity contribution in [3.05, 3.63) is 65.3 Å². The number of hydrogen-bond acceptors (Lipinski definition) is 0. The molecule has 0 heterocycles. The fraction of sp³-hybridized carbons (Fsp3) is 0.125. The van der Waals surface area contributed by atoms with E-state index in [1.807, 2.05) is 0 Å². The molecular weight excluding hydrogens is 192 g/mol. The molecule has 0 radical (unpaired) electrons. The molecule has 3 rings (SSSR count). The zero-order valence-electron chi connectivity index (χ0n) is 9.40. The number of rotatable bonds is 0. The van der Waals surface area contributed by atoms with Gasteiger partial charge in [-0.25, -0.2) is 0 Å². The molecule has 0 bridgehead atoms. The number of allylic oxidation sites excluding steroid dienone is 3. The van der Waals surface area contributed by atoms with Gasteiger partial charge in [-0.1, -0.05) is 54.1 Å². The fourth-order valence-corrected chi connectivity index (χ4v) is 2.29. The first-order valence-electron chi connectivity index (χ1n) is 5.68. The largest absolute Gasteiger partial charge is 0.0689 e. The molecule has 0 nitrogen and oxygen atoms in total. The summed E-state index contributed by atoms with van der Waals surface area (Å²) in [5.74, 6) is 0. The monoisotopic (exact) mass is 206 g/mol. The molecule has 0 aromatic heterocycles. The van der Waals surface area contributed by atoms with Crippen molar-refractivity contribution in [3.63, 3.8) is 0 Å². The molecule has 2 aromatic rings. The topological polar surface area (TPSA) is 0 Å². The second-order valence-corrected chi connectivity index (χ2v) is 4.45. The molecule has 0 N–H and O–H groups in total. The van der Waals surface area contributed by atoms with Gasteiger partial charge in [-0.2, -0.15) is 0 Å². The van der Waals surface area contributed by atoms with Crippen molar-refractivity contribution in [2.45, 2.75) is 13.3 Å². The lowest BCUT2D eigenvalue weighted by Crippen LogP contribution is -1.90. The highest BCUT2D eigenvalue weighted by Gasteiger charge is 2.05. The predicted octanol–water partition coefficient (Wildman–Crippen LogP) is 4.36. The summed E-state index contributed by atoms with van der Waals surface area (Å²) in [4.78, 5) is 0. The maximum Gasteiger partial charge on any atom is -0.00606 e. The van der Waals surface area contributed by atoms with E-state index in [0.29, 0.717) is 0 Å². The first-order valence-corrected chi connectivity index (χ1v) is 5.68. The molecule has 2 aromatic carbocycles. The van der Waals surface area contributed by atoms with Crippen molar-refractivity contribution in [3.8, 4) is 0 Å². The number of fused-ring (bicyclic) bond motifs is 2. The van der Waals surface area contributed by atoms with Crippen LogP contribution in [0.4, 0.5) is 0 Å². The van der Waals surface area contributed by atoms with Gasteiger partial charge in [0.15, 0.2) is 0 Å². The quantitative estimate of drug-likeness (QED) is 0.601. The standard InChI is InChI=1S/C16H14/c1-12-5-4-8-15-10-13-6-2-3-7-14(13)11-16(15)9-12/h2-8,10-11H,9H2,1H3. The van der Waals surface area contributed by atoms with Gasteiger partial charge in [0.05, 0.1) is 0 Å². The van der Waals surface area contributed by atoms with Crippen molar-refractivity contribution in [1.82, 2.24) is 0 Å². The molecule has 0 saturated carbocycles. The highest BCUT2D eigenvalue weighted by molar-refractivity contribution is 5.86. The second-order valence-electron chi connectivity index (χ2n) is 4.45. The Labute approximate surface area is 95.9 Å². The van der Waals surface area contributed by atoms with Crippen LogP contribution in [0.2, 0.25) is 0 Å². The summed E-state index contributed by atoms with van der Waals surface area (Å²) in [5.41, 5.74) is 4.21. The molecule has 16 heavy (non-hydrogen) atoms. The Morgan fingerprint density at radius 2 is 1.75 bits per heavy atom. The second kappa shape index (κ2) is 3.64. The van der Waals surface area contributed by atoms with Crippen LogP contribution >= 0.6 is 0 Å². The van der Waals surface area contributed by atoms with Gasteiger partial charge in [0.1, 0.15) is 0 Å². The van der Waals surface area contributed by atoms with Crippen molar-refractivity contribution >= 4 is 16.8 Å². The molecule has 0 fully saturated rings. The lowest BCUT2D eigenvalue weighted by molar-refractivity contribution is 1.15. The van der Waals surface area contributed by atoms with Crippen LogP contribution in [0.1, 0.15) is 18.1 Å². The molecular formula is C16H14. The predicted molar refractivity (Wildman–Crippen MR) is 70.4 cm³/mol. The molecule has 1 aliphatic rings. The molecule has 1 aliphatic carbocycles. The lowest BCUT2D eigenvalue weighted by atomic mass is 9.97. The summed E-state index contributed by atoms with van der Waals surface area (Å²) in [5, 5.41) is 2.66. The van der Waals surface area contributed by atoms with Crippen LogP contribution in [0.5, 0.6) is 0 Å². The Balaban J connectivity index is 2.26. The molecule has 0 saturated heterocycles. The van der Waals surface area contributed by atoms with E-state index < -0.39 is 0 Å². The summed E-state index contributed by atoms with van der Waals surface area (Å²) in [6, 6.07) is 13.2. The van der Waals surface area contributed by atoms with Gasteiger partial charge in [-0.3, -0.25) is 0 Å². The SMILES string of the molecule is CC1=CC=Cc2cc3ccccc3cc2C1. The van der Waals surface area contributed by atoms with Crippen molar-refractivity contribution in [2.75, 3.05) is 0 Å². The third-order valence-electron chi connectivity index (χ3n) is 3.13. The zero-order chi connectivity index (χ0) is 11.0. The Hall–Kier alpha value is -1.82. The van der Waals surface area contributed by atoms with Crippen LogP contribution < -0.4 is 0 Å². The lowest BCUT2D eigenvalue weighted by Gasteiger charge is -2.07. The summed E-state index contributed by atoms with van der Waals surface area (Å²) in [7, 11) is 0. The maximum atomic E-state index is 2.32. The van der Waals surface area contributed by atoms with Crippen LogP contribution in [0.25, 0.3) is 16.8 Å². The van der Waals surface area contributed by atoms with Gasteiger partial charge in [-0.15, -0.1) is 0 Å². The minimum absolute atomic E-state index is 1.06. The van der Waals surface area contributed by atoms with Crippen LogP contribution in [0.15, 0.2) is 54.1 Å². The van der Waals surface area contributed by atoms with E-state index in [1.165, 1.54) is 27.5 Å². The average molecular weight is 206 g/mol. The minimum atomic E-state index is 1.06. The minimum Gasteiger partial charge on any atom is -0.0689 e. The first kappa shape index (κ1) is 9.41. The van der Waals surface area contributed by atoms with Gasteiger partial charge in [0.2, 0.25) is 0 Å². The summed E-state index contributed by atoms with van der Waals surface area (Å²) in [6.45, 7) is 2.19. The van der Waals surface area contributed by atoms with Crippen LogP contribution in [-0.4, -0.2) is 0 Å². The Kier molecular flexibility index (Phi) is 2.14. The highest BCUT2D eigenvalue weighted by atomic mass is 14.1. The molecule has 0 atom stereocenters. The molecule has 0 unspecified atom stereocenters. The van der Waals surface area contributed by atoms with Crippen molar-refractivity contribution in [1.29, 1.82) is 0 Å². The van der Waals surface area contributed by atoms with Gasteiger partial charge in [0.25, 0.3) is 0 Å². The average Bonchev–Trinajstić information content (AvgIpc) is 2.46. The van der Waals surface area contributed by atoms with Gasteiger partial charge in [0, 0.05) is 0 Å². The molecule has 0 amide bonds. The van der Waals surface area contributed by atoms with Gasteiger partial charge >= 0.3 is 0 Å². The first-order chi connectivity index (χ1) is 7.83. The summed E-state index contributed by atoms with van der Waals surface area (Å²) in [6.07, 6.45) is 7.62. The van der Waals surface area contributed by atoms with E-state index in [9.17, 15) is 0 Å². The van der Waals surface area contributed by atoms with E-state index in [0.717, 1.165) is 6.42 Å². The van der Waals surface area contributed by atoms with E-state index in [2.05, 4.69) is 61.5 Å². The molecule has 0 spiro atoms. The van der Waals surface area contributed by atoms with E-state index in [4.69, 9.17) is 0 Å². The van der Waals surface area contributed by atoms with Crippen LogP contribution in [0.3, 0.4) is 0 Å². The van der Waals surface area contributed by atoms with Crippen LogP contribution in [-0.2, 0) is 6.42 Å².